The van der Waals surface area contributed by atoms with Crippen LogP contribution >= 0.6 is 23.2 Å². The van der Waals surface area contributed by atoms with E-state index in [-0.39, 0.29) is 6.03 Å². The van der Waals surface area contributed by atoms with Crippen LogP contribution in [0.1, 0.15) is 0 Å². The number of benzene rings is 1. The van der Waals surface area contributed by atoms with Gasteiger partial charge in [-0.15, -0.1) is 0 Å². The van der Waals surface area contributed by atoms with Gasteiger partial charge in [0.05, 0.1) is 15.7 Å². The van der Waals surface area contributed by atoms with Crippen molar-refractivity contribution in [3.05, 3.63) is 28.2 Å². The van der Waals surface area contributed by atoms with Crippen molar-refractivity contribution >= 4 is 34.9 Å². The van der Waals surface area contributed by atoms with E-state index in [0.717, 1.165) is 12.2 Å². The molecule has 2 rings (SSSR count). The van der Waals surface area contributed by atoms with Crippen LogP contribution < -0.4 is 10.6 Å². The van der Waals surface area contributed by atoms with Crippen molar-refractivity contribution in [2.24, 2.45) is 0 Å². The van der Waals surface area contributed by atoms with Gasteiger partial charge in [-0.05, 0) is 12.1 Å². The maximum absolute atomic E-state index is 11.3. The van der Waals surface area contributed by atoms with Crippen molar-refractivity contribution in [3.8, 4) is 0 Å². The van der Waals surface area contributed by atoms with Gasteiger partial charge in [0.2, 0.25) is 0 Å². The quantitative estimate of drug-likeness (QED) is 0.885. The summed E-state index contributed by atoms with van der Waals surface area (Å²) in [6.07, 6.45) is 0. The van der Waals surface area contributed by atoms with Crippen LogP contribution in [0.25, 0.3) is 0 Å². The number of nitrogens with one attached hydrogen (secondary N) is 2. The van der Waals surface area contributed by atoms with E-state index in [1.807, 2.05) is 0 Å². The first kappa shape index (κ1) is 12.3. The van der Waals surface area contributed by atoms with Crippen LogP contribution in [0.3, 0.4) is 0 Å². The predicted octanol–water partition coefficient (Wildman–Crippen LogP) is 2.43. The van der Waals surface area contributed by atoms with Crippen LogP contribution in [-0.2, 0) is 0 Å². The van der Waals surface area contributed by atoms with Gasteiger partial charge in [0, 0.05) is 26.2 Å². The molecule has 0 atom stereocenters. The second-order valence-electron chi connectivity index (χ2n) is 3.74. The molecule has 0 aliphatic carbocycles. The number of carbonyl (C=O) groups excluding carboxylic acids is 1. The third-order valence-corrected chi connectivity index (χ3v) is 3.22. The standard InChI is InChI=1S/C11H13Cl2N3O/c12-8-2-1-3-9(13)10(8)14-4-6-16-7-5-15-11(16)17/h1-3,14H,4-7H2,(H,15,17). The molecule has 1 aromatic carbocycles. The fraction of sp³-hybridized carbons (Fsp3) is 0.364. The Bertz CT molecular complexity index is 405. The van der Waals surface area contributed by atoms with E-state index in [1.165, 1.54) is 0 Å². The molecule has 1 aliphatic heterocycles. The summed E-state index contributed by atoms with van der Waals surface area (Å²) < 4.78 is 0. The molecule has 1 fully saturated rings. The molecule has 0 saturated carbocycles. The van der Waals surface area contributed by atoms with Gasteiger partial charge in [0.25, 0.3) is 0 Å². The fourth-order valence-corrected chi connectivity index (χ4v) is 2.24. The van der Waals surface area contributed by atoms with Gasteiger partial charge in [-0.2, -0.15) is 0 Å². The summed E-state index contributed by atoms with van der Waals surface area (Å²) in [6, 6.07) is 5.33. The number of carbonyl (C=O) groups is 1. The maximum atomic E-state index is 11.3. The van der Waals surface area contributed by atoms with Crippen LogP contribution in [0.5, 0.6) is 0 Å². The number of halogens is 2. The zero-order chi connectivity index (χ0) is 12.3. The third-order valence-electron chi connectivity index (χ3n) is 2.59. The molecule has 2 N–H and O–H groups in total. The Morgan fingerprint density at radius 2 is 2.06 bits per heavy atom. The van der Waals surface area contributed by atoms with Crippen LogP contribution in [0.15, 0.2) is 18.2 Å². The minimum absolute atomic E-state index is 0.0166. The van der Waals surface area contributed by atoms with Crippen molar-refractivity contribution in [3.63, 3.8) is 0 Å². The molecule has 1 saturated heterocycles. The van der Waals surface area contributed by atoms with Crippen molar-refractivity contribution in [1.82, 2.24) is 10.2 Å². The van der Waals surface area contributed by atoms with E-state index >= 15 is 0 Å². The average molecular weight is 274 g/mol. The molecule has 92 valence electrons. The molecule has 1 heterocycles. The summed E-state index contributed by atoms with van der Waals surface area (Å²) in [7, 11) is 0. The van der Waals surface area contributed by atoms with Gasteiger partial charge in [-0.1, -0.05) is 29.3 Å². The first-order valence-corrected chi connectivity index (χ1v) is 6.15. The molecule has 0 unspecified atom stereocenters. The Labute approximate surface area is 110 Å². The molecule has 0 aromatic heterocycles. The average Bonchev–Trinajstić information content (AvgIpc) is 2.69. The van der Waals surface area contributed by atoms with Crippen molar-refractivity contribution in [1.29, 1.82) is 0 Å². The van der Waals surface area contributed by atoms with E-state index < -0.39 is 0 Å². The smallest absolute Gasteiger partial charge is 0.317 e. The maximum Gasteiger partial charge on any atom is 0.317 e. The number of amides is 2. The molecular weight excluding hydrogens is 261 g/mol. The van der Waals surface area contributed by atoms with Crippen molar-refractivity contribution in [2.45, 2.75) is 0 Å². The fourth-order valence-electron chi connectivity index (χ4n) is 1.71. The SMILES string of the molecule is O=C1NCCN1CCNc1c(Cl)cccc1Cl. The Hall–Kier alpha value is -1.13. The van der Waals surface area contributed by atoms with E-state index in [4.69, 9.17) is 23.2 Å². The predicted molar refractivity (Wildman–Crippen MR) is 69.9 cm³/mol. The molecule has 0 radical (unpaired) electrons. The number of para-hydroxylation sites is 1. The first-order chi connectivity index (χ1) is 8.18. The van der Waals surface area contributed by atoms with Gasteiger partial charge in [-0.3, -0.25) is 0 Å². The lowest BCUT2D eigenvalue weighted by atomic mass is 10.3. The highest BCUT2D eigenvalue weighted by atomic mass is 35.5. The van der Waals surface area contributed by atoms with Gasteiger partial charge in [0.15, 0.2) is 0 Å². The Balaban J connectivity index is 1.88. The van der Waals surface area contributed by atoms with Gasteiger partial charge in [0.1, 0.15) is 0 Å². The number of hydrogen-bond donors (Lipinski definition) is 2. The molecule has 0 spiro atoms. The molecule has 1 aliphatic rings. The van der Waals surface area contributed by atoms with E-state index in [2.05, 4.69) is 10.6 Å². The monoisotopic (exact) mass is 273 g/mol. The minimum atomic E-state index is -0.0166. The minimum Gasteiger partial charge on any atom is -0.381 e. The molecule has 6 heteroatoms. The number of hydrogen-bond acceptors (Lipinski definition) is 2. The normalized spacial score (nSPS) is 14.9. The summed E-state index contributed by atoms with van der Waals surface area (Å²) in [5.41, 5.74) is 0.718. The summed E-state index contributed by atoms with van der Waals surface area (Å²) in [6.45, 7) is 2.71. The topological polar surface area (TPSA) is 44.4 Å². The third kappa shape index (κ3) is 2.96. The molecule has 0 bridgehead atoms. The first-order valence-electron chi connectivity index (χ1n) is 5.39. The zero-order valence-corrected chi connectivity index (χ0v) is 10.7. The van der Waals surface area contributed by atoms with Crippen molar-refractivity contribution in [2.75, 3.05) is 31.5 Å². The van der Waals surface area contributed by atoms with Gasteiger partial charge in [-0.25, -0.2) is 4.79 Å². The van der Waals surface area contributed by atoms with Crippen LogP contribution in [0.4, 0.5) is 10.5 Å². The van der Waals surface area contributed by atoms with Crippen LogP contribution in [0, 0.1) is 0 Å². The van der Waals surface area contributed by atoms with Gasteiger partial charge < -0.3 is 15.5 Å². The molecule has 17 heavy (non-hydrogen) atoms. The highest BCUT2D eigenvalue weighted by molar-refractivity contribution is 6.39. The number of urea groups is 1. The molecule has 4 nitrogen and oxygen atoms in total. The lowest BCUT2D eigenvalue weighted by Crippen LogP contribution is -2.32. The molecular formula is C11H13Cl2N3O. The largest absolute Gasteiger partial charge is 0.381 e. The highest BCUT2D eigenvalue weighted by Crippen LogP contribution is 2.29. The lowest BCUT2D eigenvalue weighted by molar-refractivity contribution is 0.219. The highest BCUT2D eigenvalue weighted by Gasteiger charge is 2.18. The summed E-state index contributed by atoms with van der Waals surface area (Å²) in [5.74, 6) is 0. The Morgan fingerprint density at radius 1 is 1.35 bits per heavy atom. The summed E-state index contributed by atoms with van der Waals surface area (Å²) in [4.78, 5) is 13.0. The van der Waals surface area contributed by atoms with Crippen LogP contribution in [0.2, 0.25) is 10.0 Å². The summed E-state index contributed by atoms with van der Waals surface area (Å²) >= 11 is 12.0. The van der Waals surface area contributed by atoms with E-state index in [9.17, 15) is 4.79 Å². The van der Waals surface area contributed by atoms with Crippen LogP contribution in [-0.4, -0.2) is 37.1 Å². The Kier molecular flexibility index (Phi) is 3.97. The molecule has 1 aromatic rings. The number of nitrogens with zero attached hydrogens (tertiary/aromatic N) is 1. The van der Waals surface area contributed by atoms with Crippen molar-refractivity contribution < 1.29 is 4.79 Å². The van der Waals surface area contributed by atoms with E-state index in [0.29, 0.717) is 29.7 Å². The van der Waals surface area contributed by atoms with E-state index in [1.54, 1.807) is 23.1 Å². The number of anilines is 1. The summed E-state index contributed by atoms with van der Waals surface area (Å²) in [5, 5.41) is 7.06. The zero-order valence-electron chi connectivity index (χ0n) is 9.17. The van der Waals surface area contributed by atoms with Gasteiger partial charge >= 0.3 is 6.03 Å². The Morgan fingerprint density at radius 3 is 2.65 bits per heavy atom. The molecule has 2 amide bonds. The second kappa shape index (κ2) is 5.47. The second-order valence-corrected chi connectivity index (χ2v) is 4.56. The number of rotatable bonds is 4. The lowest BCUT2D eigenvalue weighted by Gasteiger charge is -2.16.